The van der Waals surface area contributed by atoms with Gasteiger partial charge < -0.3 is 5.11 Å². The number of halogens is 1. The van der Waals surface area contributed by atoms with E-state index in [0.29, 0.717) is 29.3 Å². The molecule has 2 heterocycles. The maximum Gasteiger partial charge on any atom is 0.262 e. The van der Waals surface area contributed by atoms with Crippen molar-refractivity contribution in [2.75, 3.05) is 4.90 Å². The van der Waals surface area contributed by atoms with Gasteiger partial charge in [-0.2, -0.15) is 5.10 Å². The Morgan fingerprint density at radius 2 is 1.86 bits per heavy atom. The molecule has 29 heavy (non-hydrogen) atoms. The normalized spacial score (nSPS) is 18.4. The lowest BCUT2D eigenvalue weighted by atomic mass is 10.0. The van der Waals surface area contributed by atoms with E-state index in [1.807, 2.05) is 17.7 Å². The van der Waals surface area contributed by atoms with Crippen LogP contribution in [-0.4, -0.2) is 20.8 Å². The van der Waals surface area contributed by atoms with E-state index < -0.39 is 6.23 Å². The third-order valence-corrected chi connectivity index (χ3v) is 5.79. The quantitative estimate of drug-likeness (QED) is 0.705. The van der Waals surface area contributed by atoms with E-state index in [2.05, 4.69) is 0 Å². The lowest BCUT2D eigenvalue weighted by Gasteiger charge is -2.19. The van der Waals surface area contributed by atoms with Crippen LogP contribution in [-0.2, 0) is 13.0 Å². The Kier molecular flexibility index (Phi) is 4.24. The van der Waals surface area contributed by atoms with Gasteiger partial charge in [-0.1, -0.05) is 25.1 Å². The number of nitrogens with zero attached hydrogens (tertiary/aromatic N) is 3. The minimum Gasteiger partial charge on any atom is -0.369 e. The molecule has 1 fully saturated rings. The van der Waals surface area contributed by atoms with Gasteiger partial charge in [0.1, 0.15) is 5.82 Å². The second kappa shape index (κ2) is 6.81. The number of rotatable bonds is 5. The van der Waals surface area contributed by atoms with Crippen LogP contribution >= 0.6 is 0 Å². The van der Waals surface area contributed by atoms with Gasteiger partial charge in [0.15, 0.2) is 12.0 Å². The molecule has 0 spiro atoms. The molecule has 5 nitrogen and oxygen atoms in total. The van der Waals surface area contributed by atoms with Crippen molar-refractivity contribution < 1.29 is 14.3 Å². The molecular weight excluding hydrogens is 369 g/mol. The van der Waals surface area contributed by atoms with Gasteiger partial charge in [0.25, 0.3) is 5.91 Å². The summed E-state index contributed by atoms with van der Waals surface area (Å²) in [5.74, 6) is 0.523. The summed E-state index contributed by atoms with van der Waals surface area (Å²) in [6.45, 7) is 2.76. The molecule has 1 amide bonds. The highest BCUT2D eigenvalue weighted by Crippen LogP contribution is 2.41. The number of hydrogen-bond acceptors (Lipinski definition) is 3. The van der Waals surface area contributed by atoms with Crippen molar-refractivity contribution in [3.63, 3.8) is 0 Å². The largest absolute Gasteiger partial charge is 0.369 e. The molecule has 2 aliphatic rings. The standard InChI is InChI=1S/C23H22FN3O2/c1-2-17-20(15-9-11-16(24)12-10-15)26(13-14-7-8-14)25-21(17)27-22(28)18-5-3-4-6-19(18)23(27)29/h3-6,9-12,14,22,28H,2,7-8,13H2,1H3. The molecule has 5 rings (SSSR count). The van der Waals surface area contributed by atoms with E-state index in [4.69, 9.17) is 5.10 Å². The SMILES string of the molecule is CCc1c(N2C(=O)c3ccccc3C2O)nn(CC2CC2)c1-c1ccc(F)cc1. The van der Waals surface area contributed by atoms with E-state index in [0.717, 1.165) is 36.2 Å². The van der Waals surface area contributed by atoms with E-state index >= 15 is 0 Å². The Hall–Kier alpha value is -2.99. The first-order chi connectivity index (χ1) is 14.1. The van der Waals surface area contributed by atoms with Gasteiger partial charge in [-0.3, -0.25) is 14.4 Å². The van der Waals surface area contributed by atoms with Crippen molar-refractivity contribution in [3.8, 4) is 11.3 Å². The summed E-state index contributed by atoms with van der Waals surface area (Å²) >= 11 is 0. The monoisotopic (exact) mass is 391 g/mol. The molecular formula is C23H22FN3O2. The Morgan fingerprint density at radius 1 is 1.14 bits per heavy atom. The van der Waals surface area contributed by atoms with Crippen LogP contribution in [0.3, 0.4) is 0 Å². The predicted molar refractivity (Wildman–Crippen MR) is 108 cm³/mol. The van der Waals surface area contributed by atoms with Crippen molar-refractivity contribution in [2.24, 2.45) is 5.92 Å². The van der Waals surface area contributed by atoms with Gasteiger partial charge in [-0.15, -0.1) is 0 Å². The zero-order chi connectivity index (χ0) is 20.1. The van der Waals surface area contributed by atoms with Crippen molar-refractivity contribution in [3.05, 3.63) is 71.0 Å². The first-order valence-electron chi connectivity index (χ1n) is 10.0. The van der Waals surface area contributed by atoms with Crippen LogP contribution in [0.15, 0.2) is 48.5 Å². The first-order valence-corrected chi connectivity index (χ1v) is 10.0. The van der Waals surface area contributed by atoms with Gasteiger partial charge in [0.05, 0.1) is 5.69 Å². The summed E-state index contributed by atoms with van der Waals surface area (Å²) < 4.78 is 15.4. The molecule has 1 unspecified atom stereocenters. The van der Waals surface area contributed by atoms with E-state index in [-0.39, 0.29) is 11.7 Å². The lowest BCUT2D eigenvalue weighted by Crippen LogP contribution is -2.29. The van der Waals surface area contributed by atoms with Crippen LogP contribution < -0.4 is 4.90 Å². The van der Waals surface area contributed by atoms with E-state index in [1.54, 1.807) is 30.3 Å². The highest BCUT2D eigenvalue weighted by atomic mass is 19.1. The summed E-state index contributed by atoms with van der Waals surface area (Å²) in [6, 6.07) is 13.5. The van der Waals surface area contributed by atoms with Gasteiger partial charge in [-0.05, 0) is 55.5 Å². The fourth-order valence-electron chi connectivity index (χ4n) is 4.12. The summed E-state index contributed by atoms with van der Waals surface area (Å²) in [5, 5.41) is 15.7. The topological polar surface area (TPSA) is 58.4 Å². The molecule has 0 bridgehead atoms. The molecule has 1 aliphatic carbocycles. The second-order valence-corrected chi connectivity index (χ2v) is 7.77. The summed E-state index contributed by atoms with van der Waals surface area (Å²) in [7, 11) is 0. The van der Waals surface area contributed by atoms with Gasteiger partial charge in [0.2, 0.25) is 0 Å². The number of aliphatic hydroxyl groups excluding tert-OH is 1. The number of amides is 1. The lowest BCUT2D eigenvalue weighted by molar-refractivity contribution is 0.0933. The number of aliphatic hydroxyl groups is 1. The van der Waals surface area contributed by atoms with E-state index in [9.17, 15) is 14.3 Å². The smallest absolute Gasteiger partial charge is 0.262 e. The van der Waals surface area contributed by atoms with E-state index in [1.165, 1.54) is 17.0 Å². The number of fused-ring (bicyclic) bond motifs is 1. The number of carbonyl (C=O) groups is 1. The molecule has 1 atom stereocenters. The molecule has 1 saturated carbocycles. The molecule has 1 aliphatic heterocycles. The Bertz CT molecular complexity index is 1090. The molecule has 2 aromatic carbocycles. The third-order valence-electron chi connectivity index (χ3n) is 5.79. The molecule has 3 aromatic rings. The Balaban J connectivity index is 1.66. The fraction of sp³-hybridized carbons (Fsp3) is 0.304. The summed E-state index contributed by atoms with van der Waals surface area (Å²) in [4.78, 5) is 14.5. The third kappa shape index (κ3) is 2.95. The predicted octanol–water partition coefficient (Wildman–Crippen LogP) is 4.31. The molecule has 0 radical (unpaired) electrons. The minimum atomic E-state index is -1.06. The first kappa shape index (κ1) is 18.1. The highest BCUT2D eigenvalue weighted by Gasteiger charge is 2.40. The fourth-order valence-corrected chi connectivity index (χ4v) is 4.12. The highest BCUT2D eigenvalue weighted by molar-refractivity contribution is 6.10. The molecule has 6 heteroatoms. The van der Waals surface area contributed by atoms with Crippen LogP contribution in [0.5, 0.6) is 0 Å². The van der Waals surface area contributed by atoms with Gasteiger partial charge in [-0.25, -0.2) is 4.39 Å². The van der Waals surface area contributed by atoms with Crippen LogP contribution in [0, 0.1) is 11.7 Å². The maximum atomic E-state index is 13.5. The second-order valence-electron chi connectivity index (χ2n) is 7.77. The van der Waals surface area contributed by atoms with Gasteiger partial charge in [0, 0.05) is 28.8 Å². The maximum absolute atomic E-state index is 13.5. The zero-order valence-electron chi connectivity index (χ0n) is 16.2. The number of carbonyl (C=O) groups excluding carboxylic acids is 1. The number of aromatic nitrogens is 2. The zero-order valence-corrected chi connectivity index (χ0v) is 16.2. The number of hydrogen-bond donors (Lipinski definition) is 1. The van der Waals surface area contributed by atoms with Crippen LogP contribution in [0.4, 0.5) is 10.2 Å². The molecule has 1 aromatic heterocycles. The minimum absolute atomic E-state index is 0.246. The molecule has 0 saturated heterocycles. The number of anilines is 1. The van der Waals surface area contributed by atoms with Crippen LogP contribution in [0.2, 0.25) is 0 Å². The Morgan fingerprint density at radius 3 is 2.52 bits per heavy atom. The molecule has 148 valence electrons. The number of benzene rings is 2. The average Bonchev–Trinajstić information content (AvgIpc) is 3.43. The average molecular weight is 391 g/mol. The van der Waals surface area contributed by atoms with Crippen molar-refractivity contribution in [1.82, 2.24) is 9.78 Å². The van der Waals surface area contributed by atoms with Gasteiger partial charge >= 0.3 is 0 Å². The van der Waals surface area contributed by atoms with Crippen molar-refractivity contribution in [2.45, 2.75) is 39.0 Å². The van der Waals surface area contributed by atoms with Crippen molar-refractivity contribution in [1.29, 1.82) is 0 Å². The summed E-state index contributed by atoms with van der Waals surface area (Å²) in [5.41, 5.74) is 3.74. The van der Waals surface area contributed by atoms with Crippen LogP contribution in [0.25, 0.3) is 11.3 Å². The van der Waals surface area contributed by atoms with Crippen LogP contribution in [0.1, 0.15) is 47.5 Å². The summed E-state index contributed by atoms with van der Waals surface area (Å²) in [6.07, 6.45) is 1.90. The molecule has 1 N–H and O–H groups in total. The Labute approximate surface area is 168 Å². The van der Waals surface area contributed by atoms with Crippen molar-refractivity contribution >= 4 is 11.7 Å².